The fourth-order valence-electron chi connectivity index (χ4n) is 2.40. The maximum atomic E-state index is 12.5. The summed E-state index contributed by atoms with van der Waals surface area (Å²) in [6.45, 7) is -2.96. The Hall–Kier alpha value is -3.62. The van der Waals surface area contributed by atoms with Crippen molar-refractivity contribution in [2.75, 3.05) is 12.4 Å². The first-order valence-electron chi connectivity index (χ1n) is 8.23. The van der Waals surface area contributed by atoms with E-state index < -0.39 is 12.6 Å². The number of methoxy groups -OCH3 is 1. The van der Waals surface area contributed by atoms with E-state index in [0.29, 0.717) is 11.7 Å². The molecule has 1 aromatic heterocycles. The van der Waals surface area contributed by atoms with Gasteiger partial charge in [-0.15, -0.1) is 0 Å². The van der Waals surface area contributed by atoms with Crippen LogP contribution in [0.3, 0.4) is 0 Å². The van der Waals surface area contributed by atoms with E-state index in [1.165, 1.54) is 25.3 Å². The van der Waals surface area contributed by atoms with Gasteiger partial charge in [-0.1, -0.05) is 30.3 Å². The zero-order chi connectivity index (χ0) is 19.9. The summed E-state index contributed by atoms with van der Waals surface area (Å²) in [5.74, 6) is 0.849. The topological polar surface area (TPSA) is 85.6 Å². The van der Waals surface area contributed by atoms with Gasteiger partial charge in [0, 0.05) is 17.3 Å². The summed E-state index contributed by atoms with van der Waals surface area (Å²) in [6, 6.07) is 13.0. The molecule has 0 fully saturated rings. The summed E-state index contributed by atoms with van der Waals surface area (Å²) in [4.78, 5) is 16.2. The molecule has 0 saturated heterocycles. The van der Waals surface area contributed by atoms with Gasteiger partial charge in [-0.2, -0.15) is 8.78 Å². The number of rotatable bonds is 7. The number of hydrogen-bond acceptors (Lipinski definition) is 5. The number of alkyl halides is 2. The molecule has 7 nitrogen and oxygen atoms in total. The maximum absolute atomic E-state index is 12.5. The average Bonchev–Trinajstić information content (AvgIpc) is 3.16. The quantitative estimate of drug-likeness (QED) is 0.630. The zero-order valence-corrected chi connectivity index (χ0v) is 14.8. The summed E-state index contributed by atoms with van der Waals surface area (Å²) >= 11 is 0. The molecule has 0 spiro atoms. The lowest BCUT2D eigenvalue weighted by molar-refractivity contribution is -0.0511. The maximum Gasteiger partial charge on any atom is 0.387 e. The normalized spacial score (nSPS) is 10.6. The highest BCUT2D eigenvalue weighted by atomic mass is 19.3. The summed E-state index contributed by atoms with van der Waals surface area (Å²) in [5.41, 5.74) is 1.13. The molecule has 28 heavy (non-hydrogen) atoms. The van der Waals surface area contributed by atoms with Crippen LogP contribution >= 0.6 is 0 Å². The minimum Gasteiger partial charge on any atom is -0.493 e. The number of nitrogens with one attached hydrogen (secondary N) is 2. The molecule has 9 heteroatoms. The minimum absolute atomic E-state index is 0.0508. The zero-order valence-electron chi connectivity index (χ0n) is 14.8. The third kappa shape index (κ3) is 4.97. The van der Waals surface area contributed by atoms with Crippen LogP contribution in [-0.2, 0) is 6.54 Å². The lowest BCUT2D eigenvalue weighted by atomic mass is 10.2. The molecule has 0 aliphatic carbocycles. The number of amides is 2. The molecule has 146 valence electrons. The van der Waals surface area contributed by atoms with E-state index in [1.807, 2.05) is 30.3 Å². The summed E-state index contributed by atoms with van der Waals surface area (Å²) in [6.07, 6.45) is 1.57. The van der Waals surface area contributed by atoms with E-state index in [2.05, 4.69) is 20.4 Å². The summed E-state index contributed by atoms with van der Waals surface area (Å²) in [5, 5.41) is 5.09. The first-order valence-corrected chi connectivity index (χ1v) is 8.23. The monoisotopic (exact) mass is 389 g/mol. The van der Waals surface area contributed by atoms with Crippen LogP contribution in [0.25, 0.3) is 11.3 Å². The van der Waals surface area contributed by atoms with Crippen LogP contribution in [0.4, 0.5) is 19.3 Å². The Labute approximate surface area is 159 Å². The third-order valence-corrected chi connectivity index (χ3v) is 3.65. The van der Waals surface area contributed by atoms with Crippen LogP contribution in [0.1, 0.15) is 5.89 Å². The van der Waals surface area contributed by atoms with E-state index in [0.717, 1.165) is 5.56 Å². The van der Waals surface area contributed by atoms with Gasteiger partial charge in [0.2, 0.25) is 5.89 Å². The van der Waals surface area contributed by atoms with E-state index in [4.69, 9.17) is 9.15 Å². The number of carbonyl (C=O) groups excluding carboxylic acids is 1. The van der Waals surface area contributed by atoms with Crippen molar-refractivity contribution in [3.63, 3.8) is 0 Å². The van der Waals surface area contributed by atoms with Crippen molar-refractivity contribution >= 4 is 11.7 Å². The molecule has 1 heterocycles. The Morgan fingerprint density at radius 1 is 1.18 bits per heavy atom. The summed E-state index contributed by atoms with van der Waals surface area (Å²) < 4.78 is 39.8. The second-order valence-corrected chi connectivity index (χ2v) is 5.54. The van der Waals surface area contributed by atoms with Gasteiger partial charge in [0.15, 0.2) is 17.3 Å². The number of aromatic nitrogens is 1. The molecular weight excluding hydrogens is 372 g/mol. The van der Waals surface area contributed by atoms with E-state index in [-0.39, 0.29) is 23.7 Å². The van der Waals surface area contributed by atoms with Gasteiger partial charge < -0.3 is 24.5 Å². The molecule has 0 bridgehead atoms. The second kappa shape index (κ2) is 8.85. The van der Waals surface area contributed by atoms with Gasteiger partial charge in [0.25, 0.3) is 0 Å². The van der Waals surface area contributed by atoms with Crippen LogP contribution in [0.15, 0.2) is 59.1 Å². The van der Waals surface area contributed by atoms with Gasteiger partial charge in [-0.3, -0.25) is 0 Å². The number of urea groups is 1. The van der Waals surface area contributed by atoms with Crippen molar-refractivity contribution in [2.45, 2.75) is 13.2 Å². The predicted octanol–water partition coefficient (Wildman–Crippen LogP) is 4.27. The summed E-state index contributed by atoms with van der Waals surface area (Å²) in [7, 11) is 1.33. The first kappa shape index (κ1) is 19.2. The van der Waals surface area contributed by atoms with Gasteiger partial charge in [-0.25, -0.2) is 9.78 Å². The Balaban J connectivity index is 1.58. The van der Waals surface area contributed by atoms with E-state index >= 15 is 0 Å². The van der Waals surface area contributed by atoms with Crippen LogP contribution in [0.5, 0.6) is 11.5 Å². The molecule has 0 radical (unpaired) electrons. The van der Waals surface area contributed by atoms with Crippen molar-refractivity contribution < 1.29 is 27.5 Å². The van der Waals surface area contributed by atoms with Crippen molar-refractivity contribution in [3.8, 4) is 22.8 Å². The molecule has 0 unspecified atom stereocenters. The number of carbonyl (C=O) groups is 1. The van der Waals surface area contributed by atoms with Gasteiger partial charge in [-0.05, 0) is 12.1 Å². The van der Waals surface area contributed by atoms with Crippen molar-refractivity contribution in [2.24, 2.45) is 0 Å². The third-order valence-electron chi connectivity index (χ3n) is 3.65. The van der Waals surface area contributed by atoms with Gasteiger partial charge in [0.1, 0.15) is 0 Å². The fourth-order valence-corrected chi connectivity index (χ4v) is 2.40. The highest BCUT2D eigenvalue weighted by Crippen LogP contribution is 2.31. The Bertz CT molecular complexity index is 932. The standard InChI is InChI=1S/C19H17F2N3O4/c1-26-14-8-7-13(9-15(14)28-18(20)21)24-19(25)23-11-17-22-10-16(27-17)12-5-3-2-4-6-12/h2-10,18H,11H2,1H3,(H2,23,24,25). The Kier molecular flexibility index (Phi) is 6.05. The van der Waals surface area contributed by atoms with Crippen LogP contribution < -0.4 is 20.1 Å². The minimum atomic E-state index is -3.01. The molecule has 0 atom stereocenters. The van der Waals surface area contributed by atoms with Crippen LogP contribution in [-0.4, -0.2) is 24.7 Å². The fraction of sp³-hybridized carbons (Fsp3) is 0.158. The predicted molar refractivity (Wildman–Crippen MR) is 97.4 cm³/mol. The number of anilines is 1. The number of halogens is 2. The largest absolute Gasteiger partial charge is 0.493 e. The number of oxazole rings is 1. The SMILES string of the molecule is COc1ccc(NC(=O)NCc2ncc(-c3ccccc3)o2)cc1OC(F)F. The highest BCUT2D eigenvalue weighted by Gasteiger charge is 2.13. The highest BCUT2D eigenvalue weighted by molar-refractivity contribution is 5.89. The lowest BCUT2D eigenvalue weighted by Gasteiger charge is -2.12. The number of ether oxygens (including phenoxy) is 2. The molecule has 3 rings (SSSR count). The second-order valence-electron chi connectivity index (χ2n) is 5.54. The average molecular weight is 389 g/mol. The molecule has 0 aliphatic rings. The Morgan fingerprint density at radius 2 is 1.96 bits per heavy atom. The van der Waals surface area contributed by atoms with Crippen molar-refractivity contribution in [1.29, 1.82) is 0 Å². The Morgan fingerprint density at radius 3 is 2.68 bits per heavy atom. The van der Waals surface area contributed by atoms with Crippen molar-refractivity contribution in [3.05, 3.63) is 60.6 Å². The molecule has 2 amide bonds. The van der Waals surface area contributed by atoms with Crippen LogP contribution in [0.2, 0.25) is 0 Å². The molecule has 2 aromatic carbocycles. The van der Waals surface area contributed by atoms with Gasteiger partial charge in [0.05, 0.1) is 19.9 Å². The molecule has 0 aliphatic heterocycles. The van der Waals surface area contributed by atoms with Crippen molar-refractivity contribution in [1.82, 2.24) is 10.3 Å². The molecule has 2 N–H and O–H groups in total. The van der Waals surface area contributed by atoms with Gasteiger partial charge >= 0.3 is 12.6 Å². The first-order chi connectivity index (χ1) is 13.5. The number of hydrogen-bond donors (Lipinski definition) is 2. The molecular formula is C19H17F2N3O4. The number of nitrogens with zero attached hydrogens (tertiary/aromatic N) is 1. The van der Waals surface area contributed by atoms with Crippen LogP contribution in [0, 0.1) is 0 Å². The molecule has 0 saturated carbocycles. The lowest BCUT2D eigenvalue weighted by Crippen LogP contribution is -2.28. The molecule has 3 aromatic rings. The smallest absolute Gasteiger partial charge is 0.387 e. The van der Waals surface area contributed by atoms with E-state index in [1.54, 1.807) is 6.20 Å². The van der Waals surface area contributed by atoms with E-state index in [9.17, 15) is 13.6 Å². The number of benzene rings is 2.